The first-order valence-corrected chi connectivity index (χ1v) is 8.90. The molecule has 0 aromatic rings. The van der Waals surface area contributed by atoms with Gasteiger partial charge in [0.1, 0.15) is 6.61 Å². The minimum Gasteiger partial charge on any atom is -0.463 e. The first kappa shape index (κ1) is 20.4. The Kier molecular flexibility index (Phi) is 14.0. The number of hydrogen-bond donors (Lipinski definition) is 1. The third kappa shape index (κ3) is 15.6. The fourth-order valence-corrected chi connectivity index (χ4v) is 2.45. The van der Waals surface area contributed by atoms with Gasteiger partial charge < -0.3 is 9.84 Å². The topological polar surface area (TPSA) is 46.5 Å². The van der Waals surface area contributed by atoms with E-state index in [2.05, 4.69) is 6.92 Å². The molecule has 126 valence electrons. The molecule has 1 atom stereocenters. The molecule has 3 nitrogen and oxygen atoms in total. The smallest absolute Gasteiger partial charge is 0.305 e. The molecule has 21 heavy (non-hydrogen) atoms. The number of esters is 1. The molecular formula is C18H36O3. The third-order valence-electron chi connectivity index (χ3n) is 3.66. The van der Waals surface area contributed by atoms with E-state index in [0.29, 0.717) is 18.8 Å². The van der Waals surface area contributed by atoms with E-state index in [0.717, 1.165) is 12.8 Å². The summed E-state index contributed by atoms with van der Waals surface area (Å²) in [5, 5.41) is 9.62. The van der Waals surface area contributed by atoms with E-state index < -0.39 is 6.10 Å². The van der Waals surface area contributed by atoms with Crippen molar-refractivity contribution in [1.82, 2.24) is 0 Å². The van der Waals surface area contributed by atoms with Crippen LogP contribution >= 0.6 is 0 Å². The Labute approximate surface area is 131 Å². The second kappa shape index (κ2) is 14.4. The van der Waals surface area contributed by atoms with Crippen molar-refractivity contribution in [3.05, 3.63) is 0 Å². The fourth-order valence-electron chi connectivity index (χ4n) is 2.45. The zero-order valence-corrected chi connectivity index (χ0v) is 14.4. The Morgan fingerprint density at radius 2 is 1.48 bits per heavy atom. The maximum absolute atomic E-state index is 11.5. The second-order valence-electron chi connectivity index (χ2n) is 6.54. The van der Waals surface area contributed by atoms with Gasteiger partial charge in [-0.15, -0.1) is 0 Å². The van der Waals surface area contributed by atoms with Gasteiger partial charge in [0.2, 0.25) is 0 Å². The van der Waals surface area contributed by atoms with Crippen LogP contribution in [0, 0.1) is 5.92 Å². The first-order chi connectivity index (χ1) is 10.1. The van der Waals surface area contributed by atoms with Gasteiger partial charge in [0.15, 0.2) is 0 Å². The summed E-state index contributed by atoms with van der Waals surface area (Å²) in [5.41, 5.74) is 0. The molecule has 0 bridgehead atoms. The Hall–Kier alpha value is -0.570. The zero-order valence-electron chi connectivity index (χ0n) is 14.4. The normalized spacial score (nSPS) is 12.6. The van der Waals surface area contributed by atoms with Gasteiger partial charge in [0, 0.05) is 6.42 Å². The lowest BCUT2D eigenvalue weighted by Crippen LogP contribution is -2.20. The maximum Gasteiger partial charge on any atom is 0.305 e. The molecule has 0 saturated carbocycles. The number of hydrogen-bond acceptors (Lipinski definition) is 3. The maximum atomic E-state index is 11.5. The van der Waals surface area contributed by atoms with Gasteiger partial charge in [0.05, 0.1) is 6.10 Å². The standard InChI is InChI=1S/C18H36O3/c1-4-5-6-7-8-9-10-11-12-13-18(20)21-15-17(19)14-16(2)3/h16-17,19H,4-15H2,1-3H3. The number of rotatable bonds is 14. The summed E-state index contributed by atoms with van der Waals surface area (Å²) in [6.07, 6.45) is 11.9. The third-order valence-corrected chi connectivity index (χ3v) is 3.66. The summed E-state index contributed by atoms with van der Waals surface area (Å²) in [6.45, 7) is 6.48. The van der Waals surface area contributed by atoms with Crippen LogP contribution in [0.4, 0.5) is 0 Å². The Morgan fingerprint density at radius 1 is 0.952 bits per heavy atom. The van der Waals surface area contributed by atoms with E-state index in [1.54, 1.807) is 0 Å². The second-order valence-corrected chi connectivity index (χ2v) is 6.54. The highest BCUT2D eigenvalue weighted by Crippen LogP contribution is 2.11. The molecule has 1 N–H and O–H groups in total. The fraction of sp³-hybridized carbons (Fsp3) is 0.944. The summed E-state index contributed by atoms with van der Waals surface area (Å²) in [4.78, 5) is 11.5. The van der Waals surface area contributed by atoms with Crippen LogP contribution in [0.2, 0.25) is 0 Å². The summed E-state index contributed by atoms with van der Waals surface area (Å²) < 4.78 is 5.09. The highest BCUT2D eigenvalue weighted by molar-refractivity contribution is 5.69. The van der Waals surface area contributed by atoms with Gasteiger partial charge in [-0.2, -0.15) is 0 Å². The van der Waals surface area contributed by atoms with E-state index in [9.17, 15) is 9.90 Å². The molecular weight excluding hydrogens is 264 g/mol. The molecule has 0 spiro atoms. The number of unbranched alkanes of at least 4 members (excludes halogenated alkanes) is 8. The van der Waals surface area contributed by atoms with E-state index in [-0.39, 0.29) is 12.6 Å². The van der Waals surface area contributed by atoms with Gasteiger partial charge in [-0.3, -0.25) is 4.79 Å². The van der Waals surface area contributed by atoms with Crippen molar-refractivity contribution < 1.29 is 14.6 Å². The minimum absolute atomic E-state index is 0.147. The van der Waals surface area contributed by atoms with Crippen molar-refractivity contribution in [1.29, 1.82) is 0 Å². The lowest BCUT2D eigenvalue weighted by Gasteiger charge is -2.13. The predicted molar refractivity (Wildman–Crippen MR) is 88.3 cm³/mol. The van der Waals surface area contributed by atoms with Crippen molar-refractivity contribution in [3.63, 3.8) is 0 Å². The van der Waals surface area contributed by atoms with Crippen molar-refractivity contribution in [3.8, 4) is 0 Å². The van der Waals surface area contributed by atoms with Gasteiger partial charge in [-0.1, -0.05) is 72.1 Å². The quantitative estimate of drug-likeness (QED) is 0.368. The van der Waals surface area contributed by atoms with Crippen LogP contribution in [0.25, 0.3) is 0 Å². The molecule has 0 aromatic carbocycles. The summed E-state index contributed by atoms with van der Waals surface area (Å²) >= 11 is 0. The molecule has 0 aliphatic heterocycles. The molecule has 0 rings (SSSR count). The molecule has 1 unspecified atom stereocenters. The van der Waals surface area contributed by atoms with Crippen LogP contribution in [0.3, 0.4) is 0 Å². The van der Waals surface area contributed by atoms with E-state index >= 15 is 0 Å². The van der Waals surface area contributed by atoms with Crippen LogP contribution in [-0.4, -0.2) is 23.8 Å². The van der Waals surface area contributed by atoms with Gasteiger partial charge in [-0.05, 0) is 18.8 Å². The highest BCUT2D eigenvalue weighted by atomic mass is 16.5. The summed E-state index contributed by atoms with van der Waals surface area (Å²) in [5.74, 6) is 0.261. The van der Waals surface area contributed by atoms with Gasteiger partial charge in [-0.25, -0.2) is 0 Å². The average Bonchev–Trinajstić information content (AvgIpc) is 2.42. The Balaban J connectivity index is 3.30. The molecule has 0 aliphatic carbocycles. The van der Waals surface area contributed by atoms with E-state index in [1.165, 1.54) is 44.9 Å². The largest absolute Gasteiger partial charge is 0.463 e. The first-order valence-electron chi connectivity index (χ1n) is 8.90. The average molecular weight is 300 g/mol. The lowest BCUT2D eigenvalue weighted by molar-refractivity contribution is -0.147. The van der Waals surface area contributed by atoms with Crippen LogP contribution in [0.15, 0.2) is 0 Å². The predicted octanol–water partition coefficient (Wildman–Crippen LogP) is 4.86. The van der Waals surface area contributed by atoms with Crippen LogP contribution in [0.1, 0.15) is 91.4 Å². The van der Waals surface area contributed by atoms with Crippen molar-refractivity contribution in [2.24, 2.45) is 5.92 Å². The van der Waals surface area contributed by atoms with Crippen molar-refractivity contribution >= 4 is 5.97 Å². The van der Waals surface area contributed by atoms with Crippen LogP contribution < -0.4 is 0 Å². The number of carbonyl (C=O) groups excluding carboxylic acids is 1. The lowest BCUT2D eigenvalue weighted by atomic mass is 10.1. The molecule has 3 heteroatoms. The van der Waals surface area contributed by atoms with Crippen LogP contribution in [-0.2, 0) is 9.53 Å². The SMILES string of the molecule is CCCCCCCCCCCC(=O)OCC(O)CC(C)C. The van der Waals surface area contributed by atoms with Crippen LogP contribution in [0.5, 0.6) is 0 Å². The number of aliphatic hydroxyl groups excluding tert-OH is 1. The van der Waals surface area contributed by atoms with E-state index in [4.69, 9.17) is 4.74 Å². The Morgan fingerprint density at radius 3 is 2.00 bits per heavy atom. The number of ether oxygens (including phenoxy) is 1. The highest BCUT2D eigenvalue weighted by Gasteiger charge is 2.10. The summed E-state index contributed by atoms with van der Waals surface area (Å²) in [6, 6.07) is 0. The van der Waals surface area contributed by atoms with Gasteiger partial charge >= 0.3 is 5.97 Å². The Bertz CT molecular complexity index is 239. The molecule has 0 radical (unpaired) electrons. The minimum atomic E-state index is -0.517. The molecule has 0 aliphatic rings. The van der Waals surface area contributed by atoms with Gasteiger partial charge in [0.25, 0.3) is 0 Å². The van der Waals surface area contributed by atoms with Crippen molar-refractivity contribution in [2.45, 2.75) is 97.5 Å². The number of aliphatic hydroxyl groups is 1. The van der Waals surface area contributed by atoms with E-state index in [1.807, 2.05) is 13.8 Å². The molecule has 0 heterocycles. The zero-order chi connectivity index (χ0) is 15.9. The monoisotopic (exact) mass is 300 g/mol. The number of carbonyl (C=O) groups is 1. The summed E-state index contributed by atoms with van der Waals surface area (Å²) in [7, 11) is 0. The molecule has 0 aromatic heterocycles. The molecule has 0 fully saturated rings. The molecule has 0 saturated heterocycles. The van der Waals surface area contributed by atoms with Crippen molar-refractivity contribution in [2.75, 3.05) is 6.61 Å². The molecule has 0 amide bonds.